The van der Waals surface area contributed by atoms with E-state index in [1.165, 1.54) is 5.69 Å². The van der Waals surface area contributed by atoms with Gasteiger partial charge in [0.1, 0.15) is 5.02 Å². The van der Waals surface area contributed by atoms with Crippen molar-refractivity contribution in [3.05, 3.63) is 65.3 Å². The molecule has 0 saturated carbocycles. The first-order valence-electron chi connectivity index (χ1n) is 10.8. The van der Waals surface area contributed by atoms with Crippen LogP contribution < -0.4 is 15.5 Å². The first-order valence-corrected chi connectivity index (χ1v) is 11.1. The Bertz CT molecular complexity index is 1080. The van der Waals surface area contributed by atoms with Gasteiger partial charge in [-0.2, -0.15) is 4.98 Å². The summed E-state index contributed by atoms with van der Waals surface area (Å²) in [6, 6.07) is 15.6. The number of carbonyl (C=O) groups is 1. The Kier molecular flexibility index (Phi) is 6.87. The number of hydrogen-bond acceptors (Lipinski definition) is 7. The number of hydrogen-bond donors (Lipinski definition) is 2. The maximum atomic E-state index is 12.3. The van der Waals surface area contributed by atoms with Crippen molar-refractivity contribution in [2.75, 3.05) is 48.8 Å². The third-order valence-corrected chi connectivity index (χ3v) is 5.81. The maximum Gasteiger partial charge on any atom is 0.229 e. The number of anilines is 5. The van der Waals surface area contributed by atoms with Crippen LogP contribution in [-0.2, 0) is 0 Å². The SMILES string of the molecule is CCC(=O)c1ccccc1Nc1nc(Nc2ccc(N3CCN(C)CC3)cc2)ncc1Cl. The highest BCUT2D eigenvalue weighted by molar-refractivity contribution is 6.33. The first-order chi connectivity index (χ1) is 15.5. The molecule has 2 aromatic carbocycles. The van der Waals surface area contributed by atoms with Crippen LogP contribution in [0.5, 0.6) is 0 Å². The van der Waals surface area contributed by atoms with Crippen LogP contribution >= 0.6 is 11.6 Å². The van der Waals surface area contributed by atoms with Crippen LogP contribution in [-0.4, -0.2) is 53.9 Å². The monoisotopic (exact) mass is 450 g/mol. The summed E-state index contributed by atoms with van der Waals surface area (Å²) in [7, 11) is 2.15. The summed E-state index contributed by atoms with van der Waals surface area (Å²) in [5, 5.41) is 6.79. The van der Waals surface area contributed by atoms with Crippen molar-refractivity contribution in [3.8, 4) is 0 Å². The molecule has 166 valence electrons. The zero-order valence-corrected chi connectivity index (χ0v) is 19.1. The molecule has 32 heavy (non-hydrogen) atoms. The van der Waals surface area contributed by atoms with E-state index in [0.29, 0.717) is 34.5 Å². The summed E-state index contributed by atoms with van der Waals surface area (Å²) in [4.78, 5) is 25.8. The molecule has 0 bridgehead atoms. The van der Waals surface area contributed by atoms with E-state index in [9.17, 15) is 4.79 Å². The summed E-state index contributed by atoms with van der Waals surface area (Å²) >= 11 is 6.32. The van der Waals surface area contributed by atoms with E-state index in [0.717, 1.165) is 31.9 Å². The molecule has 1 fully saturated rings. The average Bonchev–Trinajstić information content (AvgIpc) is 2.82. The quantitative estimate of drug-likeness (QED) is 0.492. The van der Waals surface area contributed by atoms with Gasteiger partial charge in [0.25, 0.3) is 0 Å². The third kappa shape index (κ3) is 5.18. The molecule has 1 saturated heterocycles. The zero-order chi connectivity index (χ0) is 22.5. The predicted molar refractivity (Wildman–Crippen MR) is 131 cm³/mol. The largest absolute Gasteiger partial charge is 0.369 e. The van der Waals surface area contributed by atoms with Crippen LogP contribution in [0, 0.1) is 0 Å². The standard InChI is InChI=1S/C24H27ClN6O/c1-3-22(32)19-6-4-5-7-21(19)28-23-20(25)16-26-24(29-23)27-17-8-10-18(11-9-17)31-14-12-30(2)13-15-31/h4-11,16H,3,12-15H2,1-2H3,(H2,26,27,28,29). The van der Waals surface area contributed by atoms with E-state index in [1.807, 2.05) is 37.3 Å². The fraction of sp³-hybridized carbons (Fsp3) is 0.292. The van der Waals surface area contributed by atoms with Gasteiger partial charge in [0.15, 0.2) is 11.6 Å². The van der Waals surface area contributed by atoms with Gasteiger partial charge in [0.05, 0.1) is 11.9 Å². The number of likely N-dealkylation sites (N-methyl/N-ethyl adjacent to an activating group) is 1. The number of halogens is 1. The predicted octanol–water partition coefficient (Wildman–Crippen LogP) is 4.96. The molecule has 2 heterocycles. The minimum absolute atomic E-state index is 0.0528. The van der Waals surface area contributed by atoms with Gasteiger partial charge < -0.3 is 20.4 Å². The Labute approximate surface area is 193 Å². The van der Waals surface area contributed by atoms with Crippen LogP contribution in [0.3, 0.4) is 0 Å². The van der Waals surface area contributed by atoms with Crippen molar-refractivity contribution >= 4 is 46.2 Å². The Hall–Kier alpha value is -3.16. The average molecular weight is 451 g/mol. The molecule has 0 aliphatic carbocycles. The number of ketones is 1. The van der Waals surface area contributed by atoms with Crippen LogP contribution in [0.2, 0.25) is 5.02 Å². The number of Topliss-reactive ketones (excluding diaryl/α,β-unsaturated/α-hetero) is 1. The number of benzene rings is 2. The molecule has 1 aliphatic rings. The lowest BCUT2D eigenvalue weighted by molar-refractivity contribution is 0.0989. The van der Waals surface area contributed by atoms with E-state index < -0.39 is 0 Å². The fourth-order valence-electron chi connectivity index (χ4n) is 3.62. The molecule has 0 amide bonds. The van der Waals surface area contributed by atoms with Gasteiger partial charge in [-0.1, -0.05) is 30.7 Å². The van der Waals surface area contributed by atoms with E-state index in [2.05, 4.69) is 49.6 Å². The van der Waals surface area contributed by atoms with Crippen LogP contribution in [0.25, 0.3) is 0 Å². The van der Waals surface area contributed by atoms with Gasteiger partial charge in [-0.25, -0.2) is 4.98 Å². The van der Waals surface area contributed by atoms with Gasteiger partial charge in [-0.05, 0) is 43.4 Å². The summed E-state index contributed by atoms with van der Waals surface area (Å²) in [6.45, 7) is 6.04. The molecule has 4 rings (SSSR count). The third-order valence-electron chi connectivity index (χ3n) is 5.54. The highest BCUT2D eigenvalue weighted by Crippen LogP contribution is 2.28. The Morgan fingerprint density at radius 2 is 1.75 bits per heavy atom. The molecule has 1 aromatic heterocycles. The second-order valence-corrected chi connectivity index (χ2v) is 8.21. The van der Waals surface area contributed by atoms with Gasteiger partial charge >= 0.3 is 0 Å². The summed E-state index contributed by atoms with van der Waals surface area (Å²) in [5.74, 6) is 0.912. The molecule has 0 radical (unpaired) electrons. The number of rotatable bonds is 7. The Morgan fingerprint density at radius 3 is 2.47 bits per heavy atom. The van der Waals surface area contributed by atoms with Crippen molar-refractivity contribution in [2.24, 2.45) is 0 Å². The number of para-hydroxylation sites is 1. The molecule has 2 N–H and O–H groups in total. The van der Waals surface area contributed by atoms with Crippen molar-refractivity contribution in [2.45, 2.75) is 13.3 Å². The van der Waals surface area contributed by atoms with E-state index in [4.69, 9.17) is 11.6 Å². The fourth-order valence-corrected chi connectivity index (χ4v) is 3.76. The van der Waals surface area contributed by atoms with Crippen molar-refractivity contribution in [1.82, 2.24) is 14.9 Å². The first kappa shape index (κ1) is 22.0. The van der Waals surface area contributed by atoms with Crippen molar-refractivity contribution < 1.29 is 4.79 Å². The van der Waals surface area contributed by atoms with E-state index in [-0.39, 0.29) is 5.78 Å². The van der Waals surface area contributed by atoms with Crippen LogP contribution in [0.4, 0.5) is 28.8 Å². The minimum Gasteiger partial charge on any atom is -0.369 e. The molecule has 3 aromatic rings. The molecule has 0 spiro atoms. The zero-order valence-electron chi connectivity index (χ0n) is 18.3. The maximum absolute atomic E-state index is 12.3. The smallest absolute Gasteiger partial charge is 0.229 e. The van der Waals surface area contributed by atoms with Gasteiger partial charge in [0.2, 0.25) is 5.95 Å². The highest BCUT2D eigenvalue weighted by Gasteiger charge is 2.15. The molecule has 1 aliphatic heterocycles. The molecular formula is C24H27ClN6O. The molecule has 0 atom stereocenters. The van der Waals surface area contributed by atoms with E-state index in [1.54, 1.807) is 12.3 Å². The number of carbonyl (C=O) groups excluding carboxylic acids is 1. The second-order valence-electron chi connectivity index (χ2n) is 7.80. The summed E-state index contributed by atoms with van der Waals surface area (Å²) in [5.41, 5.74) is 3.37. The lowest BCUT2D eigenvalue weighted by Gasteiger charge is -2.34. The summed E-state index contributed by atoms with van der Waals surface area (Å²) in [6.07, 6.45) is 1.97. The Morgan fingerprint density at radius 1 is 1.03 bits per heavy atom. The number of piperazine rings is 1. The molecule has 0 unspecified atom stereocenters. The van der Waals surface area contributed by atoms with Crippen molar-refractivity contribution in [1.29, 1.82) is 0 Å². The van der Waals surface area contributed by atoms with Crippen molar-refractivity contribution in [3.63, 3.8) is 0 Å². The van der Waals surface area contributed by atoms with Gasteiger partial charge in [0, 0.05) is 49.5 Å². The Balaban J connectivity index is 1.48. The van der Waals surface area contributed by atoms with Gasteiger partial charge in [-0.15, -0.1) is 0 Å². The molecule has 8 heteroatoms. The van der Waals surface area contributed by atoms with Gasteiger partial charge in [-0.3, -0.25) is 4.79 Å². The number of nitrogens with one attached hydrogen (secondary N) is 2. The lowest BCUT2D eigenvalue weighted by Crippen LogP contribution is -2.44. The topological polar surface area (TPSA) is 73.4 Å². The summed E-state index contributed by atoms with van der Waals surface area (Å²) < 4.78 is 0. The molecule has 7 nitrogen and oxygen atoms in total. The highest BCUT2D eigenvalue weighted by atomic mass is 35.5. The molecular weight excluding hydrogens is 424 g/mol. The lowest BCUT2D eigenvalue weighted by atomic mass is 10.1. The normalized spacial score (nSPS) is 14.3. The van der Waals surface area contributed by atoms with E-state index >= 15 is 0 Å². The van der Waals surface area contributed by atoms with Crippen LogP contribution in [0.1, 0.15) is 23.7 Å². The number of aromatic nitrogens is 2. The second kappa shape index (κ2) is 9.97. The minimum atomic E-state index is 0.0528. The number of nitrogens with zero attached hydrogens (tertiary/aromatic N) is 4. The van der Waals surface area contributed by atoms with Crippen LogP contribution in [0.15, 0.2) is 54.7 Å².